The van der Waals surface area contributed by atoms with Crippen molar-refractivity contribution in [3.63, 3.8) is 0 Å². The fraction of sp³-hybridized carbons (Fsp3) is 0.385. The molecule has 0 bridgehead atoms. The van der Waals surface area contributed by atoms with E-state index in [0.29, 0.717) is 5.82 Å². The largest absolute Gasteiger partial charge is 0.380 e. The van der Waals surface area contributed by atoms with Crippen molar-refractivity contribution in [2.24, 2.45) is 0 Å². The highest BCUT2D eigenvalue weighted by atomic mass is 16.5. The van der Waals surface area contributed by atoms with E-state index in [9.17, 15) is 0 Å². The molecule has 0 radical (unpaired) electrons. The third kappa shape index (κ3) is 2.64. The number of nitrogens with zero attached hydrogens (tertiary/aromatic N) is 2. The van der Waals surface area contributed by atoms with Crippen LogP contribution in [0, 0.1) is 0 Å². The number of anilines is 1. The Morgan fingerprint density at radius 3 is 2.94 bits per heavy atom. The summed E-state index contributed by atoms with van der Waals surface area (Å²) in [7, 11) is 0. The van der Waals surface area contributed by atoms with Crippen LogP contribution in [-0.4, -0.2) is 10.1 Å². The van der Waals surface area contributed by atoms with Gasteiger partial charge < -0.3 is 10.3 Å². The Bertz CT molecular complexity index is 465. The Hall–Kier alpha value is -1.84. The van der Waals surface area contributed by atoms with Gasteiger partial charge in [-0.15, -0.1) is 0 Å². The first-order chi connectivity index (χ1) is 8.33. The fourth-order valence-corrected chi connectivity index (χ4v) is 1.86. The van der Waals surface area contributed by atoms with Crippen LogP contribution in [0.2, 0.25) is 0 Å². The van der Waals surface area contributed by atoms with Crippen LogP contribution >= 0.6 is 0 Å². The van der Waals surface area contributed by atoms with E-state index < -0.39 is 0 Å². The SMILES string of the molecule is CCCCCc1onc(N)c1-c1cccnc1. The third-order valence-corrected chi connectivity index (χ3v) is 2.75. The number of unbranched alkanes of at least 4 members (excludes halogenated alkanes) is 2. The van der Waals surface area contributed by atoms with E-state index in [4.69, 9.17) is 10.3 Å². The minimum Gasteiger partial charge on any atom is -0.380 e. The minimum absolute atomic E-state index is 0.449. The zero-order chi connectivity index (χ0) is 12.1. The molecule has 4 nitrogen and oxygen atoms in total. The van der Waals surface area contributed by atoms with Crippen molar-refractivity contribution in [3.05, 3.63) is 30.3 Å². The molecule has 0 fully saturated rings. The molecule has 2 N–H and O–H groups in total. The second kappa shape index (κ2) is 5.48. The molecule has 0 saturated carbocycles. The molecule has 0 aromatic carbocycles. The van der Waals surface area contributed by atoms with E-state index in [2.05, 4.69) is 17.1 Å². The first-order valence-electron chi connectivity index (χ1n) is 5.97. The average Bonchev–Trinajstić information content (AvgIpc) is 2.72. The van der Waals surface area contributed by atoms with Gasteiger partial charge in [-0.3, -0.25) is 4.98 Å². The second-order valence-corrected chi connectivity index (χ2v) is 4.06. The van der Waals surface area contributed by atoms with Crippen molar-refractivity contribution < 1.29 is 4.52 Å². The quantitative estimate of drug-likeness (QED) is 0.803. The number of aryl methyl sites for hydroxylation is 1. The summed E-state index contributed by atoms with van der Waals surface area (Å²) < 4.78 is 5.29. The monoisotopic (exact) mass is 231 g/mol. The Kier molecular flexibility index (Phi) is 3.75. The Morgan fingerprint density at radius 1 is 1.35 bits per heavy atom. The van der Waals surface area contributed by atoms with Crippen LogP contribution in [0.5, 0.6) is 0 Å². The first kappa shape index (κ1) is 11.6. The highest BCUT2D eigenvalue weighted by Gasteiger charge is 2.15. The lowest BCUT2D eigenvalue weighted by Gasteiger charge is -2.01. The molecule has 2 aromatic heterocycles. The number of rotatable bonds is 5. The van der Waals surface area contributed by atoms with Crippen LogP contribution in [0.15, 0.2) is 29.0 Å². The topological polar surface area (TPSA) is 64.9 Å². The molecule has 2 heterocycles. The van der Waals surface area contributed by atoms with Crippen LogP contribution < -0.4 is 5.73 Å². The van der Waals surface area contributed by atoms with E-state index in [0.717, 1.165) is 29.7 Å². The molecule has 90 valence electrons. The number of nitrogen functional groups attached to an aromatic ring is 1. The van der Waals surface area contributed by atoms with Gasteiger partial charge in [-0.2, -0.15) is 0 Å². The van der Waals surface area contributed by atoms with Gasteiger partial charge in [0.05, 0.1) is 5.56 Å². The van der Waals surface area contributed by atoms with Crippen LogP contribution in [0.1, 0.15) is 31.9 Å². The molecular weight excluding hydrogens is 214 g/mol. The van der Waals surface area contributed by atoms with Crippen LogP contribution in [0.25, 0.3) is 11.1 Å². The van der Waals surface area contributed by atoms with Crippen molar-refractivity contribution >= 4 is 5.82 Å². The Morgan fingerprint density at radius 2 is 2.24 bits per heavy atom. The third-order valence-electron chi connectivity index (χ3n) is 2.75. The summed E-state index contributed by atoms with van der Waals surface area (Å²) in [5.74, 6) is 1.31. The summed E-state index contributed by atoms with van der Waals surface area (Å²) >= 11 is 0. The summed E-state index contributed by atoms with van der Waals surface area (Å²) in [5, 5.41) is 3.85. The van der Waals surface area contributed by atoms with Crippen molar-refractivity contribution in [1.82, 2.24) is 10.1 Å². The summed E-state index contributed by atoms with van der Waals surface area (Å²) in [4.78, 5) is 4.09. The van der Waals surface area contributed by atoms with Gasteiger partial charge in [-0.05, 0) is 12.5 Å². The van der Waals surface area contributed by atoms with E-state index in [1.807, 2.05) is 12.1 Å². The molecule has 0 aliphatic carbocycles. The number of hydrogen-bond donors (Lipinski definition) is 1. The van der Waals surface area contributed by atoms with Crippen LogP contribution in [-0.2, 0) is 6.42 Å². The average molecular weight is 231 g/mol. The first-order valence-corrected chi connectivity index (χ1v) is 5.97. The summed E-state index contributed by atoms with van der Waals surface area (Å²) in [6, 6.07) is 3.86. The number of nitrogens with two attached hydrogens (primary N) is 1. The van der Waals surface area contributed by atoms with Gasteiger partial charge in [0.25, 0.3) is 0 Å². The number of aromatic nitrogens is 2. The lowest BCUT2D eigenvalue weighted by atomic mass is 10.0. The summed E-state index contributed by atoms with van der Waals surface area (Å²) in [6.07, 6.45) is 7.87. The van der Waals surface area contributed by atoms with Gasteiger partial charge in [0.2, 0.25) is 0 Å². The fourth-order valence-electron chi connectivity index (χ4n) is 1.86. The van der Waals surface area contributed by atoms with Crippen molar-refractivity contribution in [2.45, 2.75) is 32.6 Å². The normalized spacial score (nSPS) is 10.6. The minimum atomic E-state index is 0.449. The van der Waals surface area contributed by atoms with Crippen molar-refractivity contribution in [1.29, 1.82) is 0 Å². The maximum absolute atomic E-state index is 5.84. The molecule has 2 aromatic rings. The highest BCUT2D eigenvalue weighted by molar-refractivity contribution is 5.74. The highest BCUT2D eigenvalue weighted by Crippen LogP contribution is 2.29. The maximum atomic E-state index is 5.84. The number of hydrogen-bond acceptors (Lipinski definition) is 4. The van der Waals surface area contributed by atoms with Gasteiger partial charge in [0, 0.05) is 24.4 Å². The number of pyridine rings is 1. The Labute approximate surface area is 101 Å². The molecule has 0 aliphatic rings. The van der Waals surface area contributed by atoms with Crippen molar-refractivity contribution in [3.8, 4) is 11.1 Å². The van der Waals surface area contributed by atoms with Crippen LogP contribution in [0.3, 0.4) is 0 Å². The zero-order valence-corrected chi connectivity index (χ0v) is 10.0. The van der Waals surface area contributed by atoms with Gasteiger partial charge in [0.1, 0.15) is 5.76 Å². The molecule has 0 amide bonds. The Balaban J connectivity index is 2.24. The lowest BCUT2D eigenvalue weighted by molar-refractivity contribution is 0.382. The smallest absolute Gasteiger partial charge is 0.175 e. The van der Waals surface area contributed by atoms with Gasteiger partial charge in [-0.1, -0.05) is 31.0 Å². The van der Waals surface area contributed by atoms with E-state index in [1.165, 1.54) is 12.8 Å². The summed E-state index contributed by atoms with van der Waals surface area (Å²) in [5.41, 5.74) is 7.71. The van der Waals surface area contributed by atoms with Crippen molar-refractivity contribution in [2.75, 3.05) is 5.73 Å². The van der Waals surface area contributed by atoms with E-state index >= 15 is 0 Å². The summed E-state index contributed by atoms with van der Waals surface area (Å²) in [6.45, 7) is 2.18. The van der Waals surface area contributed by atoms with Gasteiger partial charge >= 0.3 is 0 Å². The lowest BCUT2D eigenvalue weighted by Crippen LogP contribution is -1.91. The standard InChI is InChI=1S/C13H17N3O/c1-2-3-4-7-11-12(13(14)16-17-11)10-6-5-8-15-9-10/h5-6,8-9H,2-4,7H2,1H3,(H2,14,16). The molecule has 0 saturated heterocycles. The van der Waals surface area contributed by atoms with Crippen LogP contribution in [0.4, 0.5) is 5.82 Å². The maximum Gasteiger partial charge on any atom is 0.175 e. The second-order valence-electron chi connectivity index (χ2n) is 4.06. The molecule has 17 heavy (non-hydrogen) atoms. The van der Waals surface area contributed by atoms with E-state index in [1.54, 1.807) is 12.4 Å². The van der Waals surface area contributed by atoms with E-state index in [-0.39, 0.29) is 0 Å². The predicted molar refractivity (Wildman–Crippen MR) is 67.4 cm³/mol. The predicted octanol–water partition coefficient (Wildman–Crippen LogP) is 3.05. The molecule has 0 atom stereocenters. The molecular formula is C13H17N3O. The molecule has 0 unspecified atom stereocenters. The van der Waals surface area contributed by atoms with Gasteiger partial charge in [0.15, 0.2) is 5.82 Å². The molecule has 0 spiro atoms. The zero-order valence-electron chi connectivity index (χ0n) is 10.0. The molecule has 4 heteroatoms. The molecule has 2 rings (SSSR count). The molecule has 0 aliphatic heterocycles. The van der Waals surface area contributed by atoms with Gasteiger partial charge in [-0.25, -0.2) is 0 Å².